The summed E-state index contributed by atoms with van der Waals surface area (Å²) in [6.07, 6.45) is 12.0. The van der Waals surface area contributed by atoms with Crippen LogP contribution in [0.2, 0.25) is 37.3 Å². The molecule has 0 aromatic heterocycles. The Hall–Kier alpha value is 1.12. The van der Waals surface area contributed by atoms with Crippen LogP contribution in [0.15, 0.2) is 18.2 Å². The molecular formula is C35H64Cl2Si2Zr. The molecule has 0 heterocycles. The van der Waals surface area contributed by atoms with Gasteiger partial charge in [-0.1, -0.05) is 131 Å². The van der Waals surface area contributed by atoms with Gasteiger partial charge in [0.15, 0.2) is 0 Å². The predicted molar refractivity (Wildman–Crippen MR) is 187 cm³/mol. The average molecular weight is 703 g/mol. The van der Waals surface area contributed by atoms with E-state index >= 15 is 0 Å². The minimum atomic E-state index is -1.31. The number of fused-ring (bicyclic) bond motifs is 1. The van der Waals surface area contributed by atoms with Crippen LogP contribution in [-0.4, -0.2) is 15.2 Å². The molecule has 3 aliphatic rings. The standard InChI is InChI=1S/C33H58Si2.2CH3.2ClH.Zr/c1-23-19-30-28(24-20-25(32(2,3)4)22-26(21-24)33(5,6)7)17-14-18-29(30)31(23)35(10,11)34(8,9)27-15-12-13-16-27;;;;;/h20-23,27-31H,12-19H2,1-11H3;2*1H3;2*1H;/q;2*-1;;;+4/p-2. The number of hydrogen-bond acceptors (Lipinski definition) is 0. The van der Waals surface area contributed by atoms with Gasteiger partial charge in [0.25, 0.3) is 0 Å². The molecule has 0 amide bonds. The molecule has 230 valence electrons. The molecule has 1 aromatic carbocycles. The van der Waals surface area contributed by atoms with Crippen LogP contribution in [-0.2, 0) is 31.7 Å². The van der Waals surface area contributed by atoms with Crippen molar-refractivity contribution in [1.29, 1.82) is 0 Å². The first-order valence-corrected chi connectivity index (χ1v) is 29.1. The predicted octanol–water partition coefficient (Wildman–Crippen LogP) is 12.9. The van der Waals surface area contributed by atoms with E-state index in [1.165, 1.54) is 38.5 Å². The molecule has 0 nitrogen and oxygen atoms in total. The molecule has 0 saturated heterocycles. The van der Waals surface area contributed by atoms with Crippen molar-refractivity contribution in [3.8, 4) is 0 Å². The van der Waals surface area contributed by atoms with Crippen LogP contribution in [0.4, 0.5) is 0 Å². The number of halogens is 2. The van der Waals surface area contributed by atoms with Gasteiger partial charge in [-0.3, -0.25) is 0 Å². The summed E-state index contributed by atoms with van der Waals surface area (Å²) in [6, 6.07) is 7.80. The fourth-order valence-corrected chi connectivity index (χ4v) is 24.0. The summed E-state index contributed by atoms with van der Waals surface area (Å²) in [5.41, 5.74) is 7.39. The third kappa shape index (κ3) is 8.23. The monoisotopic (exact) mass is 700 g/mol. The molecule has 3 fully saturated rings. The average Bonchev–Trinajstić information content (AvgIpc) is 3.46. The van der Waals surface area contributed by atoms with E-state index in [0.717, 1.165) is 34.8 Å². The van der Waals surface area contributed by atoms with Crippen LogP contribution in [0, 0.1) is 32.6 Å². The Labute approximate surface area is 272 Å². The molecule has 0 spiro atoms. The quantitative estimate of drug-likeness (QED) is 0.216. The Bertz CT molecular complexity index is 892. The van der Waals surface area contributed by atoms with Crippen molar-refractivity contribution in [2.75, 3.05) is 0 Å². The summed E-state index contributed by atoms with van der Waals surface area (Å²) in [4.78, 5) is 0. The van der Waals surface area contributed by atoms with E-state index in [1.807, 2.05) is 0 Å². The van der Waals surface area contributed by atoms with Crippen molar-refractivity contribution in [3.05, 3.63) is 49.7 Å². The van der Waals surface area contributed by atoms with E-state index in [1.54, 1.807) is 29.5 Å². The van der Waals surface area contributed by atoms with Gasteiger partial charge in [-0.25, -0.2) is 0 Å². The van der Waals surface area contributed by atoms with Gasteiger partial charge in [0.05, 0.1) is 0 Å². The van der Waals surface area contributed by atoms with Crippen molar-refractivity contribution in [2.24, 2.45) is 17.8 Å². The third-order valence-corrected chi connectivity index (χ3v) is 32.6. The maximum atomic E-state index is 4.93. The topological polar surface area (TPSA) is 0 Å². The molecule has 5 heteroatoms. The summed E-state index contributed by atoms with van der Waals surface area (Å²) in [5.74, 6) is 3.64. The molecule has 1 aromatic rings. The molecule has 0 radical (unpaired) electrons. The Morgan fingerprint density at radius 3 is 1.62 bits per heavy atom. The second-order valence-corrected chi connectivity index (χ2v) is 36.3. The fourth-order valence-electron chi connectivity index (χ4n) is 9.08. The summed E-state index contributed by atoms with van der Waals surface area (Å²) in [5, 5.41) is 0. The van der Waals surface area contributed by atoms with Crippen LogP contribution in [0.3, 0.4) is 0 Å². The van der Waals surface area contributed by atoms with Gasteiger partial charge in [0.2, 0.25) is 0 Å². The summed E-state index contributed by atoms with van der Waals surface area (Å²) < 4.78 is 0. The van der Waals surface area contributed by atoms with Crippen molar-refractivity contribution in [1.82, 2.24) is 0 Å². The molecule has 5 atom stereocenters. The van der Waals surface area contributed by atoms with E-state index in [-0.39, 0.29) is 25.7 Å². The Morgan fingerprint density at radius 1 is 0.700 bits per heavy atom. The zero-order valence-electron chi connectivity index (χ0n) is 28.6. The van der Waals surface area contributed by atoms with Gasteiger partial charge in [-0.15, -0.1) is 0 Å². The second-order valence-electron chi connectivity index (χ2n) is 16.4. The van der Waals surface area contributed by atoms with Gasteiger partial charge in [-0.2, -0.15) is 0 Å². The second kappa shape index (κ2) is 14.9. The van der Waals surface area contributed by atoms with E-state index in [9.17, 15) is 0 Å². The molecule has 3 saturated carbocycles. The molecule has 0 aliphatic heterocycles. The van der Waals surface area contributed by atoms with Gasteiger partial charge >= 0.3 is 37.9 Å². The van der Waals surface area contributed by atoms with Gasteiger partial charge in [0, 0.05) is 15.2 Å². The van der Waals surface area contributed by atoms with Crippen LogP contribution in [0.25, 0.3) is 0 Å². The Kier molecular flexibility index (Phi) is 14.6. The van der Waals surface area contributed by atoms with Crippen LogP contribution < -0.4 is 0 Å². The van der Waals surface area contributed by atoms with Crippen molar-refractivity contribution in [2.45, 2.75) is 154 Å². The SMILES string of the molecule is CC1CC2C(c3cc(C(C)(C)C)cc(C(C)(C)C)c3)CCCC2C1[Si](C)(C)[Si](C)(C)C1CCCC1.[CH3-].[CH3-].[Cl][Zr+2][Cl]. The minimum absolute atomic E-state index is 0. The number of hydrogen-bond donors (Lipinski definition) is 0. The van der Waals surface area contributed by atoms with Crippen LogP contribution >= 0.6 is 17.0 Å². The van der Waals surface area contributed by atoms with E-state index in [2.05, 4.69) is 92.9 Å². The Morgan fingerprint density at radius 2 is 1.18 bits per heavy atom. The summed E-state index contributed by atoms with van der Waals surface area (Å²) in [7, 11) is 7.35. The molecular weight excluding hydrogens is 639 g/mol. The normalized spacial score (nSPS) is 27.5. The first kappa shape index (κ1) is 39.1. The molecule has 0 bridgehead atoms. The first-order valence-electron chi connectivity index (χ1n) is 15.6. The molecule has 40 heavy (non-hydrogen) atoms. The van der Waals surface area contributed by atoms with Crippen molar-refractivity contribution >= 4 is 32.2 Å². The molecule has 5 unspecified atom stereocenters. The number of benzene rings is 1. The molecule has 0 N–H and O–H groups in total. The zero-order chi connectivity index (χ0) is 28.7. The van der Waals surface area contributed by atoms with Gasteiger partial charge < -0.3 is 14.9 Å². The summed E-state index contributed by atoms with van der Waals surface area (Å²) >= 11 is -0.826. The first-order chi connectivity index (χ1) is 17.5. The van der Waals surface area contributed by atoms with Crippen LogP contribution in [0.5, 0.6) is 0 Å². The third-order valence-electron chi connectivity index (χ3n) is 11.8. The molecule has 3 aliphatic carbocycles. The Balaban J connectivity index is 0.00000153. The van der Waals surface area contributed by atoms with Gasteiger partial charge in [0.1, 0.15) is 0 Å². The van der Waals surface area contributed by atoms with E-state index in [0.29, 0.717) is 0 Å². The van der Waals surface area contributed by atoms with Crippen molar-refractivity contribution < 1.29 is 20.8 Å². The summed E-state index contributed by atoms with van der Waals surface area (Å²) in [6.45, 7) is 28.5. The van der Waals surface area contributed by atoms with E-state index in [4.69, 9.17) is 17.0 Å². The fraction of sp³-hybridized carbons (Fsp3) is 0.771. The van der Waals surface area contributed by atoms with Crippen LogP contribution in [0.1, 0.15) is 122 Å². The zero-order valence-corrected chi connectivity index (χ0v) is 34.6. The van der Waals surface area contributed by atoms with E-state index < -0.39 is 36.0 Å². The maximum absolute atomic E-state index is 4.93. The van der Waals surface area contributed by atoms with Crippen molar-refractivity contribution in [3.63, 3.8) is 0 Å². The number of rotatable bonds is 4. The van der Waals surface area contributed by atoms with Gasteiger partial charge in [-0.05, 0) is 75.1 Å². The molecule has 4 rings (SSSR count).